The lowest BCUT2D eigenvalue weighted by Gasteiger charge is -2.28. The quantitative estimate of drug-likeness (QED) is 0.790. The Bertz CT molecular complexity index is 881. The molecule has 24 heavy (non-hydrogen) atoms. The summed E-state index contributed by atoms with van der Waals surface area (Å²) >= 11 is 0. The number of phenolic OH excluding ortho intramolecular Hbond substituents is 1. The van der Waals surface area contributed by atoms with E-state index in [2.05, 4.69) is 18.2 Å². The highest BCUT2D eigenvalue weighted by molar-refractivity contribution is 5.66. The Morgan fingerprint density at radius 2 is 1.92 bits per heavy atom. The average Bonchev–Trinajstić information content (AvgIpc) is 2.89. The molecular weight excluding hydrogens is 304 g/mol. The van der Waals surface area contributed by atoms with Crippen molar-refractivity contribution in [3.8, 4) is 23.0 Å². The number of aromatic hydroxyl groups is 1. The summed E-state index contributed by atoms with van der Waals surface area (Å²) in [6.07, 6.45) is 4.11. The van der Waals surface area contributed by atoms with Crippen LogP contribution in [0.3, 0.4) is 0 Å². The van der Waals surface area contributed by atoms with Gasteiger partial charge in [-0.15, -0.1) is 0 Å². The molecule has 1 N–H and O–H groups in total. The van der Waals surface area contributed by atoms with Crippen molar-refractivity contribution in [3.63, 3.8) is 0 Å². The molecular formula is C20H18O4. The van der Waals surface area contributed by atoms with E-state index < -0.39 is 0 Å². The molecule has 4 heteroatoms. The second-order valence-corrected chi connectivity index (χ2v) is 7.14. The number of hydrogen-bond acceptors (Lipinski definition) is 4. The first-order valence-electron chi connectivity index (χ1n) is 8.19. The van der Waals surface area contributed by atoms with Gasteiger partial charge in [-0.2, -0.15) is 0 Å². The van der Waals surface area contributed by atoms with Crippen molar-refractivity contribution >= 4 is 6.08 Å². The summed E-state index contributed by atoms with van der Waals surface area (Å²) in [6, 6.07) is 9.35. The molecule has 0 amide bonds. The van der Waals surface area contributed by atoms with Gasteiger partial charge >= 0.3 is 0 Å². The normalized spacial score (nSPS) is 24.6. The molecule has 2 aromatic rings. The fraction of sp³-hybridized carbons (Fsp3) is 0.300. The van der Waals surface area contributed by atoms with Crippen molar-refractivity contribution in [1.82, 2.24) is 0 Å². The fourth-order valence-corrected chi connectivity index (χ4v) is 3.72. The molecule has 0 saturated carbocycles. The Morgan fingerprint density at radius 1 is 1.04 bits per heavy atom. The minimum Gasteiger partial charge on any atom is -0.508 e. The van der Waals surface area contributed by atoms with Crippen LogP contribution < -0.4 is 14.2 Å². The number of hydrogen-bond donors (Lipinski definition) is 1. The molecule has 0 unspecified atom stereocenters. The zero-order valence-electron chi connectivity index (χ0n) is 13.6. The monoisotopic (exact) mass is 322 g/mol. The second-order valence-electron chi connectivity index (χ2n) is 7.14. The van der Waals surface area contributed by atoms with Crippen LogP contribution in [0.5, 0.6) is 23.0 Å². The van der Waals surface area contributed by atoms with E-state index in [4.69, 9.17) is 14.2 Å². The highest BCUT2D eigenvalue weighted by Crippen LogP contribution is 2.53. The molecule has 122 valence electrons. The molecule has 5 rings (SSSR count). The number of benzene rings is 2. The minimum absolute atomic E-state index is 0.0785. The lowest BCUT2D eigenvalue weighted by Crippen LogP contribution is -2.27. The van der Waals surface area contributed by atoms with Gasteiger partial charge in [0.2, 0.25) is 0 Å². The van der Waals surface area contributed by atoms with Crippen molar-refractivity contribution < 1.29 is 19.3 Å². The van der Waals surface area contributed by atoms with Gasteiger partial charge in [0, 0.05) is 28.8 Å². The van der Waals surface area contributed by atoms with Gasteiger partial charge < -0.3 is 19.3 Å². The molecule has 3 aliphatic heterocycles. The van der Waals surface area contributed by atoms with Crippen molar-refractivity contribution in [2.45, 2.75) is 31.5 Å². The fourth-order valence-electron chi connectivity index (χ4n) is 3.72. The lowest BCUT2D eigenvalue weighted by molar-refractivity contribution is 0.138. The first-order valence-corrected chi connectivity index (χ1v) is 8.19. The minimum atomic E-state index is -0.306. The van der Waals surface area contributed by atoms with Gasteiger partial charge in [-0.25, -0.2) is 0 Å². The highest BCUT2D eigenvalue weighted by Gasteiger charge is 2.41. The first kappa shape index (κ1) is 13.8. The molecule has 0 saturated heterocycles. The summed E-state index contributed by atoms with van der Waals surface area (Å²) in [7, 11) is 0. The van der Waals surface area contributed by atoms with Crippen molar-refractivity contribution in [3.05, 3.63) is 53.1 Å². The van der Waals surface area contributed by atoms with Crippen molar-refractivity contribution in [2.24, 2.45) is 0 Å². The van der Waals surface area contributed by atoms with Crippen LogP contribution in [0.2, 0.25) is 0 Å². The predicted octanol–water partition coefficient (Wildman–Crippen LogP) is 4.19. The number of ether oxygens (including phenoxy) is 3. The summed E-state index contributed by atoms with van der Waals surface area (Å²) in [4.78, 5) is 0. The number of fused-ring (bicyclic) bond motifs is 6. The van der Waals surface area contributed by atoms with Crippen LogP contribution in [0.4, 0.5) is 0 Å². The summed E-state index contributed by atoms with van der Waals surface area (Å²) in [5.74, 6) is 2.78. The number of phenols is 1. The van der Waals surface area contributed by atoms with Crippen LogP contribution in [0.15, 0.2) is 36.4 Å². The molecule has 0 radical (unpaired) electrons. The zero-order valence-corrected chi connectivity index (χ0v) is 13.6. The average molecular weight is 322 g/mol. The lowest BCUT2D eigenvalue weighted by atomic mass is 9.88. The van der Waals surface area contributed by atoms with Crippen LogP contribution in [0.1, 0.15) is 42.6 Å². The molecule has 3 aliphatic rings. The van der Waals surface area contributed by atoms with Crippen LogP contribution >= 0.6 is 0 Å². The van der Waals surface area contributed by atoms with Gasteiger partial charge in [0.25, 0.3) is 0 Å². The molecule has 0 aliphatic carbocycles. The van der Waals surface area contributed by atoms with E-state index in [0.29, 0.717) is 12.4 Å². The Morgan fingerprint density at radius 3 is 2.79 bits per heavy atom. The maximum absolute atomic E-state index is 9.65. The van der Waals surface area contributed by atoms with Crippen LogP contribution in [-0.2, 0) is 0 Å². The van der Waals surface area contributed by atoms with Gasteiger partial charge in [-0.3, -0.25) is 0 Å². The SMILES string of the molecule is CC1(C)C=Cc2cc3c(cc2O1)O[C@@H]1c2ccc(O)cc2OC[C@H]31. The Balaban J connectivity index is 1.58. The van der Waals surface area contributed by atoms with Crippen LogP contribution in [-0.4, -0.2) is 17.3 Å². The summed E-state index contributed by atoms with van der Waals surface area (Å²) in [6.45, 7) is 4.62. The first-order chi connectivity index (χ1) is 11.5. The van der Waals surface area contributed by atoms with Gasteiger partial charge in [0.05, 0.1) is 12.5 Å². The van der Waals surface area contributed by atoms with Crippen molar-refractivity contribution in [1.29, 1.82) is 0 Å². The molecule has 3 heterocycles. The van der Waals surface area contributed by atoms with Crippen molar-refractivity contribution in [2.75, 3.05) is 6.61 Å². The zero-order chi connectivity index (χ0) is 16.5. The highest BCUT2D eigenvalue weighted by atomic mass is 16.5. The van der Waals surface area contributed by atoms with Gasteiger partial charge in [0.15, 0.2) is 0 Å². The summed E-state index contributed by atoms with van der Waals surface area (Å²) in [5.41, 5.74) is 2.91. The Labute approximate surface area is 140 Å². The van der Waals surface area contributed by atoms with E-state index in [1.807, 2.05) is 26.0 Å². The maximum Gasteiger partial charge on any atom is 0.138 e. The largest absolute Gasteiger partial charge is 0.508 e. The predicted molar refractivity (Wildman–Crippen MR) is 89.9 cm³/mol. The van der Waals surface area contributed by atoms with E-state index >= 15 is 0 Å². The second kappa shape index (κ2) is 4.47. The van der Waals surface area contributed by atoms with Crippen LogP contribution in [0.25, 0.3) is 6.08 Å². The van der Waals surface area contributed by atoms with Crippen LogP contribution in [0, 0.1) is 0 Å². The Hall–Kier alpha value is -2.62. The Kier molecular flexibility index (Phi) is 2.57. The van der Waals surface area contributed by atoms with E-state index in [1.165, 1.54) is 0 Å². The molecule has 2 atom stereocenters. The third kappa shape index (κ3) is 1.92. The van der Waals surface area contributed by atoms with E-state index in [1.54, 1.807) is 12.1 Å². The van der Waals surface area contributed by atoms with Gasteiger partial charge in [0.1, 0.15) is 34.7 Å². The van der Waals surface area contributed by atoms with E-state index in [-0.39, 0.29) is 23.4 Å². The third-order valence-corrected chi connectivity index (χ3v) is 4.92. The topological polar surface area (TPSA) is 47.9 Å². The molecule has 0 spiro atoms. The summed E-state index contributed by atoms with van der Waals surface area (Å²) in [5, 5.41) is 9.65. The maximum atomic E-state index is 9.65. The number of rotatable bonds is 0. The van der Waals surface area contributed by atoms with Gasteiger partial charge in [-0.1, -0.05) is 6.08 Å². The van der Waals surface area contributed by atoms with Gasteiger partial charge in [-0.05, 0) is 38.1 Å². The molecule has 2 aromatic carbocycles. The smallest absolute Gasteiger partial charge is 0.138 e. The molecule has 0 bridgehead atoms. The standard InChI is InChI=1S/C20H18O4/c1-20(2)6-5-11-7-14-15-10-22-17-8-12(21)3-4-13(17)19(15)23-18(14)9-16(11)24-20/h3-9,15,19,21H,10H2,1-2H3/t15-,19-/m1/s1. The molecule has 0 aromatic heterocycles. The molecule has 4 nitrogen and oxygen atoms in total. The summed E-state index contributed by atoms with van der Waals surface area (Å²) < 4.78 is 18.2. The molecule has 0 fully saturated rings. The van der Waals surface area contributed by atoms with E-state index in [0.717, 1.165) is 28.2 Å². The third-order valence-electron chi connectivity index (χ3n) is 4.92. The van der Waals surface area contributed by atoms with E-state index in [9.17, 15) is 5.11 Å².